The number of piperidine rings is 1. The first-order chi connectivity index (χ1) is 15.7. The van der Waals surface area contributed by atoms with Crippen molar-refractivity contribution >= 4 is 22.8 Å². The fraction of sp³-hybridized carbons (Fsp3) is 0.400. The van der Waals surface area contributed by atoms with Gasteiger partial charge in [0, 0.05) is 26.1 Å². The standard InChI is InChI=1S/C25H30N4O3/c1-32-22-13-6-3-10-19(22)25(31)26-15-9-14-23-27-20-11-4-5-12-21(20)29(23)18-24(30)28-16-7-2-8-17-28/h3-6,10-13H,2,7-9,14-18H2,1H3,(H,26,31). The number of aryl methyl sites for hydroxylation is 1. The summed E-state index contributed by atoms with van der Waals surface area (Å²) in [5.41, 5.74) is 2.40. The summed E-state index contributed by atoms with van der Waals surface area (Å²) in [5, 5.41) is 2.96. The van der Waals surface area contributed by atoms with Crippen LogP contribution in [0.1, 0.15) is 41.9 Å². The first kappa shape index (κ1) is 21.9. The number of imidazole rings is 1. The van der Waals surface area contributed by atoms with E-state index in [0.717, 1.165) is 49.2 Å². The SMILES string of the molecule is COc1ccccc1C(=O)NCCCc1nc2ccccc2n1CC(=O)N1CCCCC1. The van der Waals surface area contributed by atoms with Crippen molar-refractivity contribution in [1.82, 2.24) is 19.8 Å². The number of methoxy groups -OCH3 is 1. The van der Waals surface area contributed by atoms with Crippen LogP contribution < -0.4 is 10.1 Å². The third-order valence-electron chi connectivity index (χ3n) is 5.95. The molecular formula is C25H30N4O3. The van der Waals surface area contributed by atoms with Gasteiger partial charge >= 0.3 is 0 Å². The van der Waals surface area contributed by atoms with Crippen molar-refractivity contribution in [3.63, 3.8) is 0 Å². The van der Waals surface area contributed by atoms with E-state index in [-0.39, 0.29) is 11.8 Å². The summed E-state index contributed by atoms with van der Waals surface area (Å²) in [6, 6.07) is 15.1. The minimum atomic E-state index is -0.156. The molecule has 168 valence electrons. The fourth-order valence-electron chi connectivity index (χ4n) is 4.25. The highest BCUT2D eigenvalue weighted by Crippen LogP contribution is 2.19. The highest BCUT2D eigenvalue weighted by molar-refractivity contribution is 5.96. The van der Waals surface area contributed by atoms with Gasteiger partial charge in [-0.25, -0.2) is 4.98 Å². The Bertz CT molecular complexity index is 1090. The quantitative estimate of drug-likeness (QED) is 0.551. The van der Waals surface area contributed by atoms with Crippen LogP contribution in [-0.4, -0.2) is 53.0 Å². The second-order valence-corrected chi connectivity index (χ2v) is 8.10. The topological polar surface area (TPSA) is 76.5 Å². The molecule has 0 unspecified atom stereocenters. The van der Waals surface area contributed by atoms with Gasteiger partial charge in [-0.15, -0.1) is 0 Å². The Balaban J connectivity index is 1.41. The third-order valence-corrected chi connectivity index (χ3v) is 5.95. The smallest absolute Gasteiger partial charge is 0.255 e. The average Bonchev–Trinajstić information content (AvgIpc) is 3.19. The summed E-state index contributed by atoms with van der Waals surface area (Å²) in [6.07, 6.45) is 4.75. The zero-order chi connectivity index (χ0) is 22.3. The maximum absolute atomic E-state index is 12.9. The van der Waals surface area contributed by atoms with Gasteiger partial charge in [-0.2, -0.15) is 0 Å². The predicted molar refractivity (Wildman–Crippen MR) is 124 cm³/mol. The fourth-order valence-corrected chi connectivity index (χ4v) is 4.25. The summed E-state index contributed by atoms with van der Waals surface area (Å²) in [4.78, 5) is 32.1. The molecule has 1 aromatic heterocycles. The molecule has 1 saturated heterocycles. The Hall–Kier alpha value is -3.35. The molecule has 2 amide bonds. The van der Waals surface area contributed by atoms with Gasteiger partial charge in [0.05, 0.1) is 23.7 Å². The number of hydrogen-bond donors (Lipinski definition) is 1. The molecule has 0 spiro atoms. The summed E-state index contributed by atoms with van der Waals surface area (Å²) < 4.78 is 7.30. The normalized spacial score (nSPS) is 13.8. The minimum absolute atomic E-state index is 0.151. The molecule has 0 radical (unpaired) electrons. The minimum Gasteiger partial charge on any atom is -0.496 e. The maximum atomic E-state index is 12.9. The molecule has 7 heteroatoms. The molecular weight excluding hydrogens is 404 g/mol. The van der Waals surface area contributed by atoms with E-state index in [1.807, 2.05) is 45.9 Å². The predicted octanol–water partition coefficient (Wildman–Crippen LogP) is 3.42. The molecule has 1 aliphatic rings. The van der Waals surface area contributed by atoms with Gasteiger partial charge in [-0.05, 0) is 49.9 Å². The molecule has 0 atom stereocenters. The summed E-state index contributed by atoms with van der Waals surface area (Å²) in [5.74, 6) is 1.43. The lowest BCUT2D eigenvalue weighted by atomic mass is 10.1. The summed E-state index contributed by atoms with van der Waals surface area (Å²) in [6.45, 7) is 2.51. The van der Waals surface area contributed by atoms with Crippen LogP contribution in [-0.2, 0) is 17.8 Å². The van der Waals surface area contributed by atoms with Crippen LogP contribution in [0, 0.1) is 0 Å². The number of nitrogens with zero attached hydrogens (tertiary/aromatic N) is 3. The van der Waals surface area contributed by atoms with Crippen LogP contribution in [0.3, 0.4) is 0 Å². The Morgan fingerprint density at radius 3 is 2.59 bits per heavy atom. The van der Waals surface area contributed by atoms with E-state index in [9.17, 15) is 9.59 Å². The molecule has 1 fully saturated rings. The molecule has 3 aromatic rings. The second kappa shape index (κ2) is 10.3. The molecule has 0 bridgehead atoms. The number of carbonyl (C=O) groups is 2. The number of aromatic nitrogens is 2. The molecule has 7 nitrogen and oxygen atoms in total. The van der Waals surface area contributed by atoms with Gasteiger partial charge in [0.2, 0.25) is 5.91 Å². The van der Waals surface area contributed by atoms with E-state index < -0.39 is 0 Å². The number of amides is 2. The highest BCUT2D eigenvalue weighted by atomic mass is 16.5. The first-order valence-electron chi connectivity index (χ1n) is 11.3. The Morgan fingerprint density at radius 1 is 1.03 bits per heavy atom. The second-order valence-electron chi connectivity index (χ2n) is 8.10. The molecule has 0 saturated carbocycles. The number of nitrogens with one attached hydrogen (secondary N) is 1. The van der Waals surface area contributed by atoms with Gasteiger partial charge < -0.3 is 19.5 Å². The number of para-hydroxylation sites is 3. The van der Waals surface area contributed by atoms with Crippen molar-refractivity contribution in [3.05, 3.63) is 59.9 Å². The number of ether oxygens (including phenoxy) is 1. The number of likely N-dealkylation sites (tertiary alicyclic amines) is 1. The average molecular weight is 435 g/mol. The van der Waals surface area contributed by atoms with Crippen LogP contribution in [0.4, 0.5) is 0 Å². The van der Waals surface area contributed by atoms with E-state index in [1.54, 1.807) is 19.2 Å². The van der Waals surface area contributed by atoms with E-state index in [1.165, 1.54) is 6.42 Å². The van der Waals surface area contributed by atoms with Gasteiger partial charge in [0.1, 0.15) is 18.1 Å². The lowest BCUT2D eigenvalue weighted by Crippen LogP contribution is -2.38. The van der Waals surface area contributed by atoms with Gasteiger partial charge in [-0.3, -0.25) is 9.59 Å². The van der Waals surface area contributed by atoms with Gasteiger partial charge in [0.25, 0.3) is 5.91 Å². The Labute approximate surface area is 188 Å². The number of carbonyl (C=O) groups excluding carboxylic acids is 2. The summed E-state index contributed by atoms with van der Waals surface area (Å²) in [7, 11) is 1.56. The zero-order valence-corrected chi connectivity index (χ0v) is 18.5. The van der Waals surface area contributed by atoms with Crippen LogP contribution in [0.5, 0.6) is 5.75 Å². The molecule has 1 N–H and O–H groups in total. The maximum Gasteiger partial charge on any atom is 0.255 e. The van der Waals surface area contributed by atoms with Crippen molar-refractivity contribution < 1.29 is 14.3 Å². The Kier molecular flexibility index (Phi) is 7.04. The number of rotatable bonds is 8. The van der Waals surface area contributed by atoms with Gasteiger partial charge in [-0.1, -0.05) is 24.3 Å². The van der Waals surface area contributed by atoms with Crippen LogP contribution >= 0.6 is 0 Å². The van der Waals surface area contributed by atoms with E-state index in [0.29, 0.717) is 30.8 Å². The van der Waals surface area contributed by atoms with E-state index >= 15 is 0 Å². The largest absolute Gasteiger partial charge is 0.496 e. The molecule has 1 aliphatic heterocycles. The Morgan fingerprint density at radius 2 is 1.78 bits per heavy atom. The monoisotopic (exact) mass is 434 g/mol. The van der Waals surface area contributed by atoms with Gasteiger partial charge in [0.15, 0.2) is 0 Å². The molecule has 2 aromatic carbocycles. The van der Waals surface area contributed by atoms with Crippen LogP contribution in [0.15, 0.2) is 48.5 Å². The highest BCUT2D eigenvalue weighted by Gasteiger charge is 2.20. The van der Waals surface area contributed by atoms with Crippen molar-refractivity contribution in [2.24, 2.45) is 0 Å². The van der Waals surface area contributed by atoms with E-state index in [2.05, 4.69) is 5.32 Å². The molecule has 0 aliphatic carbocycles. The van der Waals surface area contributed by atoms with Crippen molar-refractivity contribution in [2.45, 2.75) is 38.6 Å². The number of benzene rings is 2. The van der Waals surface area contributed by atoms with Crippen LogP contribution in [0.2, 0.25) is 0 Å². The zero-order valence-electron chi connectivity index (χ0n) is 18.5. The van der Waals surface area contributed by atoms with Crippen LogP contribution in [0.25, 0.3) is 11.0 Å². The lowest BCUT2D eigenvalue weighted by molar-refractivity contribution is -0.132. The van der Waals surface area contributed by atoms with Crippen molar-refractivity contribution in [2.75, 3.05) is 26.7 Å². The van der Waals surface area contributed by atoms with Crippen molar-refractivity contribution in [3.8, 4) is 5.75 Å². The number of hydrogen-bond acceptors (Lipinski definition) is 4. The molecule has 2 heterocycles. The first-order valence-corrected chi connectivity index (χ1v) is 11.3. The molecule has 32 heavy (non-hydrogen) atoms. The lowest BCUT2D eigenvalue weighted by Gasteiger charge is -2.27. The van der Waals surface area contributed by atoms with Crippen molar-refractivity contribution in [1.29, 1.82) is 0 Å². The summed E-state index contributed by atoms with van der Waals surface area (Å²) >= 11 is 0. The number of fused-ring (bicyclic) bond motifs is 1. The third kappa shape index (κ3) is 4.93. The molecule has 4 rings (SSSR count). The van der Waals surface area contributed by atoms with E-state index in [4.69, 9.17) is 9.72 Å².